The highest BCUT2D eigenvalue weighted by molar-refractivity contribution is 7.99. The average Bonchev–Trinajstić information content (AvgIpc) is 2.81. The Morgan fingerprint density at radius 1 is 1.57 bits per heavy atom. The van der Waals surface area contributed by atoms with Gasteiger partial charge in [-0.05, 0) is 43.8 Å². The minimum absolute atomic E-state index is 0.0195. The Bertz CT molecular complexity index is 737. The Morgan fingerprint density at radius 2 is 2.29 bits per heavy atom. The molecule has 0 atom stereocenters. The lowest BCUT2D eigenvalue weighted by molar-refractivity contribution is 0.318. The summed E-state index contributed by atoms with van der Waals surface area (Å²) in [7, 11) is 0. The number of oxime groups is 1. The molecule has 0 saturated carbocycles. The lowest BCUT2D eigenvalue weighted by atomic mass is 10.2. The highest BCUT2D eigenvalue weighted by atomic mass is 35.5. The van der Waals surface area contributed by atoms with E-state index < -0.39 is 0 Å². The molecule has 0 aliphatic heterocycles. The summed E-state index contributed by atoms with van der Waals surface area (Å²) in [6.07, 6.45) is 0. The fourth-order valence-electron chi connectivity index (χ4n) is 1.72. The fraction of sp³-hybridized carbons (Fsp3) is 0.250. The molecular weight excluding hydrogens is 314 g/mol. The van der Waals surface area contributed by atoms with Crippen LogP contribution in [0.5, 0.6) is 0 Å². The van der Waals surface area contributed by atoms with Crippen molar-refractivity contribution in [3.8, 4) is 0 Å². The van der Waals surface area contributed by atoms with Gasteiger partial charge < -0.3 is 10.9 Å². The van der Waals surface area contributed by atoms with Crippen molar-refractivity contribution in [3.05, 3.63) is 39.3 Å². The molecule has 1 heterocycles. The fourth-order valence-corrected chi connectivity index (χ4v) is 2.99. The van der Waals surface area contributed by atoms with Crippen LogP contribution in [0.1, 0.15) is 25.5 Å². The molecule has 0 aliphatic carbocycles. The molecule has 0 amide bonds. The van der Waals surface area contributed by atoms with Crippen LogP contribution >= 0.6 is 23.4 Å². The van der Waals surface area contributed by atoms with Crippen molar-refractivity contribution in [2.75, 3.05) is 0 Å². The van der Waals surface area contributed by atoms with Gasteiger partial charge in [0.05, 0.1) is 5.02 Å². The lowest BCUT2D eigenvalue weighted by Gasteiger charge is -2.09. The monoisotopic (exact) mass is 327 g/mol. The van der Waals surface area contributed by atoms with E-state index in [1.807, 2.05) is 13.8 Å². The largest absolute Gasteiger partial charge is 0.409 e. The molecule has 9 heteroatoms. The molecule has 0 fully saturated rings. The molecule has 4 N–H and O–H groups in total. The zero-order valence-electron chi connectivity index (χ0n) is 11.4. The normalized spacial score (nSPS) is 12.1. The van der Waals surface area contributed by atoms with Crippen LogP contribution in [0.15, 0.2) is 38.2 Å². The topological polar surface area (TPSA) is 109 Å². The van der Waals surface area contributed by atoms with E-state index in [-0.39, 0.29) is 17.6 Å². The van der Waals surface area contributed by atoms with Crippen LogP contribution in [0.4, 0.5) is 0 Å². The summed E-state index contributed by atoms with van der Waals surface area (Å²) in [5.41, 5.74) is 5.75. The third-order valence-corrected chi connectivity index (χ3v) is 4.20. The van der Waals surface area contributed by atoms with Crippen molar-refractivity contribution in [1.29, 1.82) is 0 Å². The molecule has 0 spiro atoms. The van der Waals surface area contributed by atoms with Gasteiger partial charge in [0, 0.05) is 16.5 Å². The number of hydrogen-bond acceptors (Lipinski definition) is 5. The third kappa shape index (κ3) is 3.22. The van der Waals surface area contributed by atoms with Crippen molar-refractivity contribution < 1.29 is 5.21 Å². The molecule has 2 aromatic rings. The van der Waals surface area contributed by atoms with Crippen LogP contribution < -0.4 is 11.4 Å². The summed E-state index contributed by atoms with van der Waals surface area (Å²) in [5, 5.41) is 18.9. The molecule has 0 unspecified atom stereocenters. The number of benzene rings is 1. The zero-order chi connectivity index (χ0) is 15.6. The first kappa shape index (κ1) is 15.5. The molecular formula is C12H14ClN5O2S. The van der Waals surface area contributed by atoms with Crippen molar-refractivity contribution in [2.45, 2.75) is 29.9 Å². The van der Waals surface area contributed by atoms with E-state index in [1.165, 1.54) is 11.8 Å². The average molecular weight is 328 g/mol. The Hall–Kier alpha value is -1.93. The van der Waals surface area contributed by atoms with Gasteiger partial charge in [-0.1, -0.05) is 16.8 Å². The van der Waals surface area contributed by atoms with Crippen LogP contribution in [0.25, 0.3) is 0 Å². The number of H-pyrrole nitrogens is 1. The Labute approximate surface area is 129 Å². The van der Waals surface area contributed by atoms with Gasteiger partial charge in [0.15, 0.2) is 11.0 Å². The number of nitrogens with two attached hydrogens (primary N) is 1. The van der Waals surface area contributed by atoms with Crippen LogP contribution in [0.2, 0.25) is 5.02 Å². The van der Waals surface area contributed by atoms with Crippen molar-refractivity contribution in [1.82, 2.24) is 14.8 Å². The highest BCUT2D eigenvalue weighted by Crippen LogP contribution is 2.33. The molecule has 1 aromatic heterocycles. The Morgan fingerprint density at radius 3 is 2.86 bits per heavy atom. The molecule has 2 rings (SSSR count). The molecule has 7 nitrogen and oxygen atoms in total. The van der Waals surface area contributed by atoms with E-state index in [0.29, 0.717) is 20.6 Å². The Balaban J connectivity index is 2.35. The predicted molar refractivity (Wildman–Crippen MR) is 81.3 cm³/mol. The van der Waals surface area contributed by atoms with E-state index in [9.17, 15) is 4.79 Å². The van der Waals surface area contributed by atoms with Crippen molar-refractivity contribution in [3.63, 3.8) is 0 Å². The maximum atomic E-state index is 11.7. The zero-order valence-corrected chi connectivity index (χ0v) is 12.9. The van der Waals surface area contributed by atoms with Gasteiger partial charge >= 0.3 is 5.69 Å². The lowest BCUT2D eigenvalue weighted by Crippen LogP contribution is -2.19. The summed E-state index contributed by atoms with van der Waals surface area (Å²) < 4.78 is 1.54. The molecule has 1 aromatic carbocycles. The smallest absolute Gasteiger partial charge is 0.344 e. The van der Waals surface area contributed by atoms with E-state index >= 15 is 0 Å². The number of aromatic amines is 1. The minimum atomic E-state index is -0.267. The number of aromatic nitrogens is 3. The second-order valence-corrected chi connectivity index (χ2v) is 5.92. The minimum Gasteiger partial charge on any atom is -0.409 e. The number of rotatable bonds is 4. The van der Waals surface area contributed by atoms with Gasteiger partial charge in [0.1, 0.15) is 0 Å². The predicted octanol–water partition coefficient (Wildman–Crippen LogP) is 2.05. The standard InChI is InChI=1S/C12H14ClN5O2S/c1-6(2)18-11(19)15-16-12(18)21-9-4-3-7(5-8(9)13)10(14)17-20/h3-6,20H,1-2H3,(H2,14,17)(H,15,19). The van der Waals surface area contributed by atoms with Crippen LogP contribution in [0, 0.1) is 0 Å². The number of halogens is 1. The SMILES string of the molecule is CC(C)n1c(Sc2ccc(C(N)=NO)cc2Cl)n[nH]c1=O. The van der Waals surface area contributed by atoms with Gasteiger partial charge in [0.25, 0.3) is 0 Å². The third-order valence-electron chi connectivity index (χ3n) is 2.73. The molecule has 112 valence electrons. The molecule has 0 radical (unpaired) electrons. The summed E-state index contributed by atoms with van der Waals surface area (Å²) in [5.74, 6) is -0.0210. The second-order valence-electron chi connectivity index (χ2n) is 4.51. The van der Waals surface area contributed by atoms with Gasteiger partial charge in [0.2, 0.25) is 0 Å². The van der Waals surface area contributed by atoms with Gasteiger partial charge in [-0.25, -0.2) is 9.89 Å². The highest BCUT2D eigenvalue weighted by Gasteiger charge is 2.14. The summed E-state index contributed by atoms with van der Waals surface area (Å²) in [4.78, 5) is 12.4. The van der Waals surface area contributed by atoms with Crippen LogP contribution in [-0.4, -0.2) is 25.8 Å². The second kappa shape index (κ2) is 6.23. The summed E-state index contributed by atoms with van der Waals surface area (Å²) in [6.45, 7) is 3.79. The van der Waals surface area contributed by atoms with E-state index in [0.717, 1.165) is 0 Å². The first-order valence-corrected chi connectivity index (χ1v) is 7.25. The van der Waals surface area contributed by atoms with Gasteiger partial charge in [-0.15, -0.1) is 5.10 Å². The first-order chi connectivity index (χ1) is 9.93. The number of amidine groups is 1. The van der Waals surface area contributed by atoms with E-state index in [2.05, 4.69) is 15.4 Å². The number of nitrogens with one attached hydrogen (secondary N) is 1. The maximum absolute atomic E-state index is 11.7. The first-order valence-electron chi connectivity index (χ1n) is 6.06. The molecule has 0 bridgehead atoms. The molecule has 0 saturated heterocycles. The van der Waals surface area contributed by atoms with Crippen LogP contribution in [0.3, 0.4) is 0 Å². The molecule has 21 heavy (non-hydrogen) atoms. The number of hydrogen-bond donors (Lipinski definition) is 3. The van der Waals surface area contributed by atoms with Crippen molar-refractivity contribution in [2.24, 2.45) is 10.9 Å². The molecule has 0 aliphatic rings. The Kier molecular flexibility index (Phi) is 4.59. The number of nitrogens with zero attached hydrogens (tertiary/aromatic N) is 3. The van der Waals surface area contributed by atoms with E-state index in [4.69, 9.17) is 22.5 Å². The van der Waals surface area contributed by atoms with Crippen LogP contribution in [-0.2, 0) is 0 Å². The maximum Gasteiger partial charge on any atom is 0.344 e. The summed E-state index contributed by atoms with van der Waals surface area (Å²) >= 11 is 7.44. The van der Waals surface area contributed by atoms with Gasteiger partial charge in [-0.2, -0.15) is 0 Å². The van der Waals surface area contributed by atoms with Gasteiger partial charge in [-0.3, -0.25) is 4.57 Å². The van der Waals surface area contributed by atoms with Crippen molar-refractivity contribution >= 4 is 29.2 Å². The summed E-state index contributed by atoms with van der Waals surface area (Å²) in [6, 6.07) is 4.97. The van der Waals surface area contributed by atoms with E-state index in [1.54, 1.807) is 22.8 Å². The quantitative estimate of drug-likeness (QED) is 0.344.